The van der Waals surface area contributed by atoms with E-state index in [9.17, 15) is 0 Å². The third-order valence-electron chi connectivity index (χ3n) is 3.99. The molecule has 0 spiro atoms. The zero-order valence-corrected chi connectivity index (χ0v) is 13.5. The number of nitrogens with zero attached hydrogens (tertiary/aromatic N) is 2. The highest BCUT2D eigenvalue weighted by Gasteiger charge is 2.20. The molecule has 1 atom stereocenters. The minimum atomic E-state index is 0.410. The van der Waals surface area contributed by atoms with E-state index in [0.717, 1.165) is 62.9 Å². The first-order valence-corrected chi connectivity index (χ1v) is 8.19. The third kappa shape index (κ3) is 4.84. The summed E-state index contributed by atoms with van der Waals surface area (Å²) in [5, 5.41) is 6.91. The normalized spacial score (nSPS) is 17.5. The topological polar surface area (TPSA) is 59.1 Å². The predicted molar refractivity (Wildman–Crippen MR) is 86.8 cm³/mol. The van der Waals surface area contributed by atoms with Crippen molar-refractivity contribution in [3.63, 3.8) is 0 Å². The smallest absolute Gasteiger partial charge is 0.132 e. The zero-order chi connectivity index (χ0) is 15.1. The van der Waals surface area contributed by atoms with Crippen LogP contribution in [0.15, 0.2) is 6.07 Å². The van der Waals surface area contributed by atoms with E-state index in [-0.39, 0.29) is 0 Å². The van der Waals surface area contributed by atoms with Crippen LogP contribution in [0.3, 0.4) is 0 Å². The Kier molecular flexibility index (Phi) is 6.23. The Labute approximate surface area is 127 Å². The van der Waals surface area contributed by atoms with Crippen LogP contribution in [0.25, 0.3) is 0 Å². The molecule has 1 unspecified atom stereocenters. The predicted octanol–water partition coefficient (Wildman–Crippen LogP) is 3.09. The molecule has 0 radical (unpaired) electrons. The van der Waals surface area contributed by atoms with Crippen LogP contribution >= 0.6 is 0 Å². The van der Waals surface area contributed by atoms with Gasteiger partial charge in [-0.15, -0.1) is 0 Å². The fourth-order valence-electron chi connectivity index (χ4n) is 2.64. The molecule has 0 amide bonds. The molecule has 21 heavy (non-hydrogen) atoms. The SMILES string of the molecule is CCCNc1cc(NC(C)C2CCOCC2)nc(CC)n1. The Morgan fingerprint density at radius 3 is 2.62 bits per heavy atom. The summed E-state index contributed by atoms with van der Waals surface area (Å²) in [6.07, 6.45) is 4.19. The molecular formula is C16H28N4O. The molecule has 5 nitrogen and oxygen atoms in total. The quantitative estimate of drug-likeness (QED) is 0.808. The summed E-state index contributed by atoms with van der Waals surface area (Å²) >= 11 is 0. The summed E-state index contributed by atoms with van der Waals surface area (Å²) in [7, 11) is 0. The third-order valence-corrected chi connectivity index (χ3v) is 3.99. The summed E-state index contributed by atoms with van der Waals surface area (Å²) in [4.78, 5) is 9.13. The highest BCUT2D eigenvalue weighted by atomic mass is 16.5. The van der Waals surface area contributed by atoms with Crippen molar-refractivity contribution in [3.05, 3.63) is 11.9 Å². The number of aromatic nitrogens is 2. The van der Waals surface area contributed by atoms with E-state index in [4.69, 9.17) is 4.74 Å². The van der Waals surface area contributed by atoms with Gasteiger partial charge in [-0.1, -0.05) is 13.8 Å². The van der Waals surface area contributed by atoms with Gasteiger partial charge in [-0.05, 0) is 32.1 Å². The molecule has 1 fully saturated rings. The van der Waals surface area contributed by atoms with Gasteiger partial charge < -0.3 is 15.4 Å². The molecule has 0 aliphatic carbocycles. The second-order valence-electron chi connectivity index (χ2n) is 5.72. The van der Waals surface area contributed by atoms with Gasteiger partial charge in [0.05, 0.1) is 0 Å². The Bertz CT molecular complexity index is 432. The molecule has 1 saturated heterocycles. The summed E-state index contributed by atoms with van der Waals surface area (Å²) in [5.74, 6) is 3.40. The first kappa shape index (κ1) is 16.0. The Morgan fingerprint density at radius 2 is 1.95 bits per heavy atom. The number of anilines is 2. The fourth-order valence-corrected chi connectivity index (χ4v) is 2.64. The van der Waals surface area contributed by atoms with E-state index in [1.807, 2.05) is 6.07 Å². The van der Waals surface area contributed by atoms with Gasteiger partial charge in [0.25, 0.3) is 0 Å². The molecule has 118 valence electrons. The molecule has 0 bridgehead atoms. The molecule has 2 heterocycles. The minimum Gasteiger partial charge on any atom is -0.381 e. The highest BCUT2D eigenvalue weighted by Crippen LogP contribution is 2.22. The summed E-state index contributed by atoms with van der Waals surface area (Å²) < 4.78 is 5.44. The van der Waals surface area contributed by atoms with Crippen LogP contribution in [0.5, 0.6) is 0 Å². The van der Waals surface area contributed by atoms with Crippen molar-refractivity contribution >= 4 is 11.6 Å². The summed E-state index contributed by atoms with van der Waals surface area (Å²) in [6, 6.07) is 2.43. The van der Waals surface area contributed by atoms with E-state index < -0.39 is 0 Å². The molecule has 0 saturated carbocycles. The average Bonchev–Trinajstić information content (AvgIpc) is 2.53. The van der Waals surface area contributed by atoms with Crippen LogP contribution in [0, 0.1) is 5.92 Å². The monoisotopic (exact) mass is 292 g/mol. The second kappa shape index (κ2) is 8.17. The lowest BCUT2D eigenvalue weighted by Crippen LogP contribution is -2.31. The lowest BCUT2D eigenvalue weighted by Gasteiger charge is -2.28. The van der Waals surface area contributed by atoms with Crippen LogP contribution in [0.4, 0.5) is 11.6 Å². The van der Waals surface area contributed by atoms with E-state index in [1.54, 1.807) is 0 Å². The van der Waals surface area contributed by atoms with E-state index >= 15 is 0 Å². The van der Waals surface area contributed by atoms with E-state index in [2.05, 4.69) is 41.4 Å². The number of ether oxygens (including phenoxy) is 1. The van der Waals surface area contributed by atoms with Crippen molar-refractivity contribution in [1.82, 2.24) is 9.97 Å². The second-order valence-corrected chi connectivity index (χ2v) is 5.72. The van der Waals surface area contributed by atoms with Gasteiger partial charge in [-0.2, -0.15) is 0 Å². The molecule has 1 aromatic heterocycles. The van der Waals surface area contributed by atoms with Gasteiger partial charge >= 0.3 is 0 Å². The van der Waals surface area contributed by atoms with Crippen LogP contribution in [-0.4, -0.2) is 35.8 Å². The van der Waals surface area contributed by atoms with Crippen LogP contribution in [0.2, 0.25) is 0 Å². The number of hydrogen-bond donors (Lipinski definition) is 2. The Morgan fingerprint density at radius 1 is 1.24 bits per heavy atom. The van der Waals surface area contributed by atoms with Crippen LogP contribution in [-0.2, 0) is 11.2 Å². The maximum absolute atomic E-state index is 5.44. The highest BCUT2D eigenvalue weighted by molar-refractivity contribution is 5.48. The maximum Gasteiger partial charge on any atom is 0.132 e. The Balaban J connectivity index is 2.03. The van der Waals surface area contributed by atoms with Crippen molar-refractivity contribution in [1.29, 1.82) is 0 Å². The molecule has 0 aromatic carbocycles. The number of hydrogen-bond acceptors (Lipinski definition) is 5. The van der Waals surface area contributed by atoms with Gasteiger partial charge in [-0.3, -0.25) is 0 Å². The van der Waals surface area contributed by atoms with Crippen LogP contribution < -0.4 is 10.6 Å². The van der Waals surface area contributed by atoms with Crippen molar-refractivity contribution in [2.75, 3.05) is 30.4 Å². The number of rotatable bonds is 7. The largest absolute Gasteiger partial charge is 0.381 e. The summed E-state index contributed by atoms with van der Waals surface area (Å²) in [6.45, 7) is 9.18. The molecule has 1 aliphatic heterocycles. The first-order chi connectivity index (χ1) is 10.2. The molecular weight excluding hydrogens is 264 g/mol. The van der Waals surface area contributed by atoms with Gasteiger partial charge in [0.15, 0.2) is 0 Å². The Hall–Kier alpha value is -1.36. The van der Waals surface area contributed by atoms with Gasteiger partial charge in [0, 0.05) is 38.3 Å². The van der Waals surface area contributed by atoms with E-state index in [0.29, 0.717) is 12.0 Å². The molecule has 1 aliphatic rings. The molecule has 5 heteroatoms. The first-order valence-electron chi connectivity index (χ1n) is 8.19. The number of nitrogens with one attached hydrogen (secondary N) is 2. The lowest BCUT2D eigenvalue weighted by atomic mass is 9.93. The van der Waals surface area contributed by atoms with Gasteiger partial charge in [0.2, 0.25) is 0 Å². The zero-order valence-electron chi connectivity index (χ0n) is 13.5. The van der Waals surface area contributed by atoms with Gasteiger partial charge in [-0.25, -0.2) is 9.97 Å². The maximum atomic E-state index is 5.44. The molecule has 2 rings (SSSR count). The molecule has 2 N–H and O–H groups in total. The standard InChI is InChI=1S/C16H28N4O/c1-4-8-17-15-11-16(20-14(5-2)19-15)18-12(3)13-6-9-21-10-7-13/h11-13H,4-10H2,1-3H3,(H2,17,18,19,20). The summed E-state index contributed by atoms with van der Waals surface area (Å²) in [5.41, 5.74) is 0. The minimum absolute atomic E-state index is 0.410. The van der Waals surface area contributed by atoms with Crippen molar-refractivity contribution < 1.29 is 4.74 Å². The van der Waals surface area contributed by atoms with Crippen LogP contribution in [0.1, 0.15) is 45.9 Å². The molecule has 1 aromatic rings. The lowest BCUT2D eigenvalue weighted by molar-refractivity contribution is 0.0622. The van der Waals surface area contributed by atoms with E-state index in [1.165, 1.54) is 0 Å². The van der Waals surface area contributed by atoms with Crippen molar-refractivity contribution in [3.8, 4) is 0 Å². The van der Waals surface area contributed by atoms with Crippen molar-refractivity contribution in [2.24, 2.45) is 5.92 Å². The fraction of sp³-hybridized carbons (Fsp3) is 0.750. The van der Waals surface area contributed by atoms with Gasteiger partial charge in [0.1, 0.15) is 17.5 Å². The average molecular weight is 292 g/mol. The van der Waals surface area contributed by atoms with Crippen molar-refractivity contribution in [2.45, 2.75) is 52.5 Å². The number of aryl methyl sites for hydroxylation is 1.